The van der Waals surface area contributed by atoms with Crippen molar-refractivity contribution in [3.63, 3.8) is 0 Å². The Balaban J connectivity index is 0.000000349. The van der Waals surface area contributed by atoms with Gasteiger partial charge in [-0.1, -0.05) is 61.7 Å². The predicted octanol–water partition coefficient (Wildman–Crippen LogP) is 8.40. The van der Waals surface area contributed by atoms with Gasteiger partial charge >= 0.3 is 0 Å². The summed E-state index contributed by atoms with van der Waals surface area (Å²) >= 11 is 3.21. The second-order valence-corrected chi connectivity index (χ2v) is 11.4. The number of fused-ring (bicyclic) bond motifs is 5. The molecule has 4 rings (SSSR count). The van der Waals surface area contributed by atoms with E-state index in [4.69, 9.17) is 0 Å². The van der Waals surface area contributed by atoms with E-state index in [1.54, 1.807) is 51.4 Å². The minimum atomic E-state index is 0.721. The minimum absolute atomic E-state index is 0.721. The highest BCUT2D eigenvalue weighted by atomic mass is 79.9. The smallest absolute Gasteiger partial charge is 0.0236 e. The Kier molecular flexibility index (Phi) is 6.68. The molecule has 0 N–H and O–H groups in total. The van der Waals surface area contributed by atoms with E-state index in [-0.39, 0.29) is 0 Å². The highest BCUT2D eigenvalue weighted by molar-refractivity contribution is 9.09. The summed E-state index contributed by atoms with van der Waals surface area (Å²) in [4.78, 5) is 0. The Bertz CT molecular complexity index is 496. The van der Waals surface area contributed by atoms with E-state index in [0.717, 1.165) is 45.7 Å². The van der Waals surface area contributed by atoms with Gasteiger partial charge in [0, 0.05) is 5.33 Å². The first-order valence-electron chi connectivity index (χ1n) is 11.5. The van der Waals surface area contributed by atoms with Crippen molar-refractivity contribution in [3.05, 3.63) is 12.2 Å². The van der Waals surface area contributed by atoms with Crippen molar-refractivity contribution >= 4 is 15.9 Å². The van der Waals surface area contributed by atoms with Crippen molar-refractivity contribution in [1.82, 2.24) is 0 Å². The highest BCUT2D eigenvalue weighted by Gasteiger charge is 2.57. The van der Waals surface area contributed by atoms with Gasteiger partial charge in [0.2, 0.25) is 0 Å². The molecule has 0 aliphatic heterocycles. The van der Waals surface area contributed by atoms with Crippen LogP contribution in [0.15, 0.2) is 12.2 Å². The molecule has 26 heavy (non-hydrogen) atoms. The molecule has 0 radical (unpaired) electrons. The molecule has 3 unspecified atom stereocenters. The van der Waals surface area contributed by atoms with Gasteiger partial charge in [0.25, 0.3) is 0 Å². The molecule has 1 heteroatoms. The molecule has 150 valence electrons. The van der Waals surface area contributed by atoms with Crippen LogP contribution in [0.1, 0.15) is 98.3 Å². The normalized spacial score (nSPS) is 47.0. The van der Waals surface area contributed by atoms with Gasteiger partial charge in [0.05, 0.1) is 0 Å². The third-order valence-electron chi connectivity index (χ3n) is 9.36. The summed E-state index contributed by atoms with van der Waals surface area (Å²) in [5.74, 6) is 5.41. The average Bonchev–Trinajstić information content (AvgIpc) is 3.03. The summed E-state index contributed by atoms with van der Waals surface area (Å²) < 4.78 is 0. The zero-order chi connectivity index (χ0) is 18.9. The van der Waals surface area contributed by atoms with Crippen LogP contribution in [0.4, 0.5) is 0 Å². The first-order valence-corrected chi connectivity index (χ1v) is 12.7. The SMILES string of the molecule is C=C(C)CBr.CC[C@H]1CC[C@]2(C)C3CC[C@]4(C)CCCC4C3CC[C@H]2C1. The maximum Gasteiger partial charge on any atom is 0.0236 e. The zero-order valence-corrected chi connectivity index (χ0v) is 19.5. The van der Waals surface area contributed by atoms with Crippen LogP contribution in [-0.4, -0.2) is 5.33 Å². The topological polar surface area (TPSA) is 0 Å². The van der Waals surface area contributed by atoms with E-state index >= 15 is 0 Å². The second-order valence-electron chi connectivity index (χ2n) is 10.9. The summed E-state index contributed by atoms with van der Waals surface area (Å²) in [6.07, 6.45) is 17.0. The number of hydrogen-bond acceptors (Lipinski definition) is 0. The van der Waals surface area contributed by atoms with E-state index in [0.29, 0.717) is 0 Å². The number of hydrogen-bond donors (Lipinski definition) is 0. The fourth-order valence-electron chi connectivity index (χ4n) is 7.71. The van der Waals surface area contributed by atoms with Crippen molar-refractivity contribution in [2.75, 3.05) is 5.33 Å². The largest absolute Gasteiger partial charge is 0.0993 e. The van der Waals surface area contributed by atoms with E-state index in [1.165, 1.54) is 24.8 Å². The molecule has 0 aromatic carbocycles. The van der Waals surface area contributed by atoms with Crippen LogP contribution in [0.25, 0.3) is 0 Å². The van der Waals surface area contributed by atoms with E-state index in [9.17, 15) is 0 Å². The Morgan fingerprint density at radius 2 is 1.73 bits per heavy atom. The van der Waals surface area contributed by atoms with Gasteiger partial charge in [-0.25, -0.2) is 0 Å². The monoisotopic (exact) mass is 422 g/mol. The van der Waals surface area contributed by atoms with E-state index < -0.39 is 0 Å². The molecule has 4 aliphatic rings. The minimum Gasteiger partial charge on any atom is -0.0993 e. The van der Waals surface area contributed by atoms with Gasteiger partial charge in [0.1, 0.15) is 0 Å². The molecule has 0 aromatic heterocycles. The number of halogens is 1. The van der Waals surface area contributed by atoms with Crippen LogP contribution in [0.2, 0.25) is 0 Å². The summed E-state index contributed by atoms with van der Waals surface area (Å²) in [7, 11) is 0. The fourth-order valence-corrected chi connectivity index (χ4v) is 7.71. The van der Waals surface area contributed by atoms with Crippen LogP contribution < -0.4 is 0 Å². The van der Waals surface area contributed by atoms with Crippen molar-refractivity contribution < 1.29 is 0 Å². The Labute approximate surface area is 172 Å². The van der Waals surface area contributed by atoms with Crippen LogP contribution in [0, 0.1) is 40.4 Å². The Hall–Kier alpha value is 0.220. The molecule has 0 bridgehead atoms. The average molecular weight is 424 g/mol. The molecular formula is C25H43Br. The Morgan fingerprint density at radius 3 is 2.38 bits per heavy atom. The van der Waals surface area contributed by atoms with Crippen LogP contribution >= 0.6 is 15.9 Å². The van der Waals surface area contributed by atoms with Crippen LogP contribution in [-0.2, 0) is 0 Å². The van der Waals surface area contributed by atoms with Gasteiger partial charge in [-0.05, 0) is 105 Å². The lowest BCUT2D eigenvalue weighted by Crippen LogP contribution is -2.52. The third kappa shape index (κ3) is 3.85. The summed E-state index contributed by atoms with van der Waals surface area (Å²) in [6.45, 7) is 13.4. The molecule has 7 atom stereocenters. The maximum absolute atomic E-state index is 3.63. The quantitative estimate of drug-likeness (QED) is 0.309. The maximum atomic E-state index is 3.63. The van der Waals surface area contributed by atoms with Crippen molar-refractivity contribution in [2.45, 2.75) is 98.3 Å². The van der Waals surface area contributed by atoms with E-state index in [2.05, 4.69) is 43.3 Å². The lowest BCUT2D eigenvalue weighted by Gasteiger charge is -2.60. The summed E-state index contributed by atoms with van der Waals surface area (Å²) in [6, 6.07) is 0. The van der Waals surface area contributed by atoms with Gasteiger partial charge in [-0.15, -0.1) is 0 Å². The molecule has 0 spiro atoms. The molecule has 0 saturated heterocycles. The van der Waals surface area contributed by atoms with Gasteiger partial charge in [0.15, 0.2) is 0 Å². The van der Waals surface area contributed by atoms with Crippen molar-refractivity contribution in [3.8, 4) is 0 Å². The molecular weight excluding hydrogens is 380 g/mol. The molecule has 0 amide bonds. The second kappa shape index (κ2) is 8.30. The van der Waals surface area contributed by atoms with Crippen molar-refractivity contribution in [2.24, 2.45) is 40.4 Å². The first kappa shape index (κ1) is 20.9. The summed E-state index contributed by atoms with van der Waals surface area (Å²) in [5.41, 5.74) is 2.63. The van der Waals surface area contributed by atoms with Gasteiger partial charge in [-0.2, -0.15) is 0 Å². The molecule has 4 fully saturated rings. The fraction of sp³-hybridized carbons (Fsp3) is 0.920. The third-order valence-corrected chi connectivity index (χ3v) is 10.3. The molecule has 0 heterocycles. The van der Waals surface area contributed by atoms with Crippen LogP contribution in [0.5, 0.6) is 0 Å². The van der Waals surface area contributed by atoms with E-state index in [1.807, 2.05) is 6.92 Å². The number of alkyl halides is 1. The summed E-state index contributed by atoms with van der Waals surface area (Å²) in [5, 5.41) is 0.924. The Morgan fingerprint density at radius 1 is 1.00 bits per heavy atom. The van der Waals surface area contributed by atoms with Crippen LogP contribution in [0.3, 0.4) is 0 Å². The standard InChI is InChI=1S/C21H36.C4H7Br/c1-4-15-9-13-21(3)16(14-15)7-8-17-18-6-5-11-20(18,2)12-10-19(17)21;1-4(2)3-5/h15-19H,4-14H2,1-3H3;1,3H2,2H3/t15-,16-,17?,18?,19?,20-,21-;/m0./s1. The first-order chi connectivity index (χ1) is 12.3. The molecule has 0 nitrogen and oxygen atoms in total. The zero-order valence-electron chi connectivity index (χ0n) is 18.0. The number of allylic oxidation sites excluding steroid dienone is 1. The molecule has 4 saturated carbocycles. The lowest BCUT2D eigenvalue weighted by molar-refractivity contribution is -0.111. The molecule has 4 aliphatic carbocycles. The van der Waals surface area contributed by atoms with Crippen molar-refractivity contribution in [1.29, 1.82) is 0 Å². The lowest BCUT2D eigenvalue weighted by atomic mass is 9.44. The van der Waals surface area contributed by atoms with Gasteiger partial charge < -0.3 is 0 Å². The number of rotatable bonds is 2. The highest BCUT2D eigenvalue weighted by Crippen LogP contribution is 2.66. The van der Waals surface area contributed by atoms with Gasteiger partial charge in [-0.3, -0.25) is 0 Å². The predicted molar refractivity (Wildman–Crippen MR) is 119 cm³/mol. The molecule has 0 aromatic rings.